The Hall–Kier alpha value is -3.63. The van der Waals surface area contributed by atoms with Crippen LogP contribution in [0.1, 0.15) is 32.6 Å². The second kappa shape index (κ2) is 11.2. The van der Waals surface area contributed by atoms with E-state index in [1.807, 2.05) is 24.9 Å². The first-order valence-corrected chi connectivity index (χ1v) is 12.1. The molecule has 0 saturated carbocycles. The standard InChI is InChI=1S/C27H31F3N6O/c1-18-3-5-20(13-24(18)32-15-19-4-8-25(31)33-16-19)26(37)34-22-7-6-21(23(14-22)27(28,29)30)17-36-11-9-35(2)10-12-36/h3-8,13-14,16,32H,9-12,15,17H2,1-2H3,(H2,31,33)(H,34,37). The zero-order valence-corrected chi connectivity index (χ0v) is 20.9. The third-order valence-electron chi connectivity index (χ3n) is 6.49. The summed E-state index contributed by atoms with van der Waals surface area (Å²) in [5.41, 5.74) is 8.10. The molecule has 1 aromatic heterocycles. The Morgan fingerprint density at radius 2 is 1.81 bits per heavy atom. The van der Waals surface area contributed by atoms with Crippen molar-refractivity contribution in [2.75, 3.05) is 49.6 Å². The highest BCUT2D eigenvalue weighted by molar-refractivity contribution is 6.05. The molecule has 0 bridgehead atoms. The zero-order valence-electron chi connectivity index (χ0n) is 20.9. The number of hydrogen-bond donors (Lipinski definition) is 3. The van der Waals surface area contributed by atoms with E-state index in [0.717, 1.165) is 36.0 Å². The van der Waals surface area contributed by atoms with Gasteiger partial charge in [0.15, 0.2) is 0 Å². The topological polar surface area (TPSA) is 86.5 Å². The van der Waals surface area contributed by atoms with Crippen molar-refractivity contribution < 1.29 is 18.0 Å². The maximum atomic E-state index is 13.9. The summed E-state index contributed by atoms with van der Waals surface area (Å²) in [6.07, 6.45) is -2.86. The lowest BCUT2D eigenvalue weighted by Gasteiger charge is -2.33. The van der Waals surface area contributed by atoms with Gasteiger partial charge in [-0.1, -0.05) is 18.2 Å². The maximum Gasteiger partial charge on any atom is 0.416 e. The van der Waals surface area contributed by atoms with E-state index in [-0.39, 0.29) is 17.8 Å². The molecule has 1 amide bonds. The van der Waals surface area contributed by atoms with Crippen molar-refractivity contribution in [3.8, 4) is 0 Å². The van der Waals surface area contributed by atoms with E-state index in [1.54, 1.807) is 30.5 Å². The molecule has 37 heavy (non-hydrogen) atoms. The average Bonchev–Trinajstić information content (AvgIpc) is 2.86. The number of nitrogen functional groups attached to an aromatic ring is 1. The molecule has 10 heteroatoms. The van der Waals surface area contributed by atoms with Crippen molar-refractivity contribution in [1.82, 2.24) is 14.8 Å². The second-order valence-corrected chi connectivity index (χ2v) is 9.38. The van der Waals surface area contributed by atoms with Gasteiger partial charge in [0.1, 0.15) is 5.82 Å². The van der Waals surface area contributed by atoms with Gasteiger partial charge in [-0.2, -0.15) is 13.2 Å². The van der Waals surface area contributed by atoms with Gasteiger partial charge in [-0.3, -0.25) is 9.69 Å². The minimum atomic E-state index is -4.53. The number of halogens is 3. The molecule has 4 N–H and O–H groups in total. The minimum absolute atomic E-state index is 0.0995. The number of nitrogens with zero attached hydrogens (tertiary/aromatic N) is 3. The summed E-state index contributed by atoms with van der Waals surface area (Å²) in [5.74, 6) is -0.0585. The van der Waals surface area contributed by atoms with E-state index in [4.69, 9.17) is 5.73 Å². The van der Waals surface area contributed by atoms with E-state index >= 15 is 0 Å². The molecule has 0 atom stereocenters. The Bertz CT molecular complexity index is 1240. The average molecular weight is 513 g/mol. The maximum absolute atomic E-state index is 13.9. The Kier molecular flexibility index (Phi) is 7.99. The lowest BCUT2D eigenvalue weighted by Crippen LogP contribution is -2.44. The van der Waals surface area contributed by atoms with E-state index in [1.165, 1.54) is 12.1 Å². The first-order chi connectivity index (χ1) is 17.6. The minimum Gasteiger partial charge on any atom is -0.384 e. The molecular weight excluding hydrogens is 481 g/mol. The molecule has 0 aliphatic carbocycles. The molecule has 1 aliphatic rings. The fourth-order valence-corrected chi connectivity index (χ4v) is 4.20. The van der Waals surface area contributed by atoms with E-state index in [0.29, 0.717) is 31.0 Å². The van der Waals surface area contributed by atoms with Gasteiger partial charge < -0.3 is 21.3 Å². The van der Waals surface area contributed by atoms with Gasteiger partial charge in [0.2, 0.25) is 0 Å². The highest BCUT2D eigenvalue weighted by Gasteiger charge is 2.34. The van der Waals surface area contributed by atoms with E-state index < -0.39 is 17.6 Å². The van der Waals surface area contributed by atoms with Crippen LogP contribution in [0, 0.1) is 6.92 Å². The molecule has 1 fully saturated rings. The number of aromatic nitrogens is 1. The number of nitrogens with two attached hydrogens (primary N) is 1. The summed E-state index contributed by atoms with van der Waals surface area (Å²) in [7, 11) is 2.00. The van der Waals surface area contributed by atoms with Crippen molar-refractivity contribution in [1.29, 1.82) is 0 Å². The van der Waals surface area contributed by atoms with Crippen LogP contribution in [-0.2, 0) is 19.3 Å². The molecule has 2 heterocycles. The molecule has 196 valence electrons. The first-order valence-electron chi connectivity index (χ1n) is 12.1. The number of nitrogens with one attached hydrogen (secondary N) is 2. The van der Waals surface area contributed by atoms with Crippen molar-refractivity contribution in [3.05, 3.63) is 82.5 Å². The number of pyridine rings is 1. The number of piperazine rings is 1. The largest absolute Gasteiger partial charge is 0.416 e. The van der Waals surface area contributed by atoms with E-state index in [2.05, 4.69) is 20.5 Å². The number of alkyl halides is 3. The molecule has 0 unspecified atom stereocenters. The Labute approximate surface area is 214 Å². The highest BCUT2D eigenvalue weighted by Crippen LogP contribution is 2.35. The number of hydrogen-bond acceptors (Lipinski definition) is 6. The number of likely N-dealkylation sites (N-methyl/N-ethyl adjacent to an activating group) is 1. The first kappa shape index (κ1) is 26.4. The van der Waals surface area contributed by atoms with Gasteiger partial charge in [-0.15, -0.1) is 0 Å². The van der Waals surface area contributed by atoms with Crippen molar-refractivity contribution in [2.45, 2.75) is 26.2 Å². The van der Waals surface area contributed by atoms with Crippen molar-refractivity contribution in [3.63, 3.8) is 0 Å². The van der Waals surface area contributed by atoms with Crippen LogP contribution in [0.25, 0.3) is 0 Å². The van der Waals surface area contributed by atoms with Gasteiger partial charge >= 0.3 is 6.18 Å². The number of aryl methyl sites for hydroxylation is 1. The Morgan fingerprint density at radius 3 is 2.49 bits per heavy atom. The summed E-state index contributed by atoms with van der Waals surface area (Å²) in [5, 5.41) is 5.89. The van der Waals surface area contributed by atoms with E-state index in [9.17, 15) is 18.0 Å². The smallest absolute Gasteiger partial charge is 0.384 e. The molecular formula is C27H31F3N6O. The quantitative estimate of drug-likeness (QED) is 0.429. The highest BCUT2D eigenvalue weighted by atomic mass is 19.4. The zero-order chi connectivity index (χ0) is 26.6. The summed E-state index contributed by atoms with van der Waals surface area (Å²) in [6.45, 7) is 5.66. The normalized spacial score (nSPS) is 14.9. The molecule has 7 nitrogen and oxygen atoms in total. The Morgan fingerprint density at radius 1 is 1.05 bits per heavy atom. The summed E-state index contributed by atoms with van der Waals surface area (Å²) >= 11 is 0. The van der Waals surface area contributed by atoms with Crippen LogP contribution >= 0.6 is 0 Å². The molecule has 1 saturated heterocycles. The molecule has 2 aromatic carbocycles. The van der Waals surface area contributed by atoms with Crippen LogP contribution in [0.5, 0.6) is 0 Å². The van der Waals surface area contributed by atoms with Crippen LogP contribution in [0.2, 0.25) is 0 Å². The predicted octanol–water partition coefficient (Wildman–Crippen LogP) is 4.60. The van der Waals surface area contributed by atoms with Gasteiger partial charge in [0.25, 0.3) is 5.91 Å². The summed E-state index contributed by atoms with van der Waals surface area (Å²) < 4.78 is 41.7. The fraction of sp³-hybridized carbons (Fsp3) is 0.333. The predicted molar refractivity (Wildman–Crippen MR) is 139 cm³/mol. The molecule has 1 aliphatic heterocycles. The SMILES string of the molecule is Cc1ccc(C(=O)Nc2ccc(CN3CCN(C)CC3)c(C(F)(F)F)c2)cc1NCc1ccc(N)nc1. The monoisotopic (exact) mass is 512 g/mol. The van der Waals surface area contributed by atoms with Gasteiger partial charge in [0, 0.05) is 62.4 Å². The Balaban J connectivity index is 1.47. The van der Waals surface area contributed by atoms with Crippen LogP contribution in [0.3, 0.4) is 0 Å². The lowest BCUT2D eigenvalue weighted by atomic mass is 10.0. The number of anilines is 3. The van der Waals surface area contributed by atoms with Crippen LogP contribution in [-0.4, -0.2) is 53.9 Å². The van der Waals surface area contributed by atoms with Gasteiger partial charge in [-0.05, 0) is 61.0 Å². The van der Waals surface area contributed by atoms with Gasteiger partial charge in [-0.25, -0.2) is 4.98 Å². The third-order valence-corrected chi connectivity index (χ3v) is 6.49. The van der Waals surface area contributed by atoms with Crippen molar-refractivity contribution >= 4 is 23.1 Å². The number of benzene rings is 2. The number of amides is 1. The van der Waals surface area contributed by atoms with Gasteiger partial charge in [0.05, 0.1) is 5.56 Å². The van der Waals surface area contributed by atoms with Crippen LogP contribution in [0.4, 0.5) is 30.4 Å². The second-order valence-electron chi connectivity index (χ2n) is 9.38. The summed E-state index contributed by atoms with van der Waals surface area (Å²) in [4.78, 5) is 21.2. The molecule has 4 rings (SSSR count). The van der Waals surface area contributed by atoms with Crippen LogP contribution in [0.15, 0.2) is 54.7 Å². The fourth-order valence-electron chi connectivity index (χ4n) is 4.20. The molecule has 0 radical (unpaired) electrons. The molecule has 0 spiro atoms. The van der Waals surface area contributed by atoms with Crippen molar-refractivity contribution in [2.24, 2.45) is 0 Å². The third kappa shape index (κ3) is 6.99. The number of rotatable bonds is 7. The lowest BCUT2D eigenvalue weighted by molar-refractivity contribution is -0.138. The summed E-state index contributed by atoms with van der Waals surface area (Å²) in [6, 6.07) is 12.7. The molecule has 3 aromatic rings. The van der Waals surface area contributed by atoms with Crippen LogP contribution < -0.4 is 16.4 Å². The number of carbonyl (C=O) groups excluding carboxylic acids is 1. The number of carbonyl (C=O) groups is 1.